The second kappa shape index (κ2) is 19.6. The molecule has 31 heavy (non-hydrogen) atoms. The van der Waals surface area contributed by atoms with Crippen LogP contribution in [0.1, 0.15) is 17.2 Å². The van der Waals surface area contributed by atoms with Crippen molar-refractivity contribution in [2.24, 2.45) is 13.0 Å². The second-order valence-corrected chi connectivity index (χ2v) is 7.03. The number of aliphatic hydroxyl groups is 1. The zero-order valence-corrected chi connectivity index (χ0v) is 19.7. The average Bonchev–Trinajstić information content (AvgIpc) is 3.39. The molecule has 1 heterocycles. The maximum atomic E-state index is 10.2. The summed E-state index contributed by atoms with van der Waals surface area (Å²) in [5, 5.41) is 10.2. The van der Waals surface area contributed by atoms with Crippen LogP contribution in [0.3, 0.4) is 0 Å². The number of hydrogen-bond donors (Lipinski definition) is 1. The van der Waals surface area contributed by atoms with Gasteiger partial charge in [-0.15, -0.1) is 0 Å². The van der Waals surface area contributed by atoms with Crippen molar-refractivity contribution in [1.29, 1.82) is 0 Å². The molecule has 0 bridgehead atoms. The van der Waals surface area contributed by atoms with Crippen molar-refractivity contribution in [3.8, 4) is 0 Å². The van der Waals surface area contributed by atoms with Crippen LogP contribution in [0.2, 0.25) is 0 Å². The Labute approximate surface area is 192 Å². The third-order valence-electron chi connectivity index (χ3n) is 4.66. The summed E-state index contributed by atoms with van der Waals surface area (Å²) in [6.07, 6.45) is 2.06. The van der Waals surface area contributed by atoms with E-state index in [1.807, 2.05) is 18.2 Å². The number of nitrogens with zero attached hydrogens (tertiary/aromatic N) is 1. The number of aliphatic hydroxyl groups excluding tert-OH is 1. The van der Waals surface area contributed by atoms with Crippen LogP contribution in [-0.4, -0.2) is 27.5 Å². The Bertz CT molecular complexity index is 832. The molecule has 1 aliphatic rings. The molecule has 0 saturated heterocycles. The molecule has 1 fully saturated rings. The summed E-state index contributed by atoms with van der Waals surface area (Å²) in [5.74, 6) is 0.524. The summed E-state index contributed by atoms with van der Waals surface area (Å²) in [5.41, 5.74) is 2.20. The first-order valence-corrected chi connectivity index (χ1v) is 9.51. The van der Waals surface area contributed by atoms with Crippen molar-refractivity contribution in [2.75, 3.05) is 13.7 Å². The Balaban J connectivity index is -0.000000692. The van der Waals surface area contributed by atoms with Crippen molar-refractivity contribution < 1.29 is 52.5 Å². The molecule has 160 valence electrons. The third kappa shape index (κ3) is 7.70. The fourth-order valence-corrected chi connectivity index (χ4v) is 4.79. The molecular formula is C22H19NO7W. The van der Waals surface area contributed by atoms with E-state index in [0.29, 0.717) is 0 Å². The van der Waals surface area contributed by atoms with E-state index < -0.39 is 0 Å². The molecule has 0 unspecified atom stereocenters. The van der Waals surface area contributed by atoms with Crippen molar-refractivity contribution >= 4 is 4.08 Å². The van der Waals surface area contributed by atoms with Crippen LogP contribution >= 0.6 is 0 Å². The summed E-state index contributed by atoms with van der Waals surface area (Å²) < 4.78 is 46.3. The van der Waals surface area contributed by atoms with Gasteiger partial charge in [-0.3, -0.25) is 0 Å². The average molecular weight is 593 g/mol. The molecule has 8 nitrogen and oxygen atoms in total. The quantitative estimate of drug-likeness (QED) is 0.419. The van der Waals surface area contributed by atoms with Gasteiger partial charge >= 0.3 is 192 Å². The van der Waals surface area contributed by atoms with Gasteiger partial charge in [0.25, 0.3) is 0 Å². The Kier molecular flexibility index (Phi) is 21.1. The molecule has 1 aromatic heterocycles. The van der Waals surface area contributed by atoms with Gasteiger partial charge in [0.2, 0.25) is 0 Å². The molecule has 1 aromatic carbocycles. The molecule has 2 aromatic rings. The molecule has 3 rings (SSSR count). The van der Waals surface area contributed by atoms with Crippen LogP contribution in [0.25, 0.3) is 0 Å². The number of rotatable bonds is 5. The molecule has 9 heteroatoms. The summed E-state index contributed by atoms with van der Waals surface area (Å²) in [4.78, 5) is 0. The van der Waals surface area contributed by atoms with Gasteiger partial charge < -0.3 is 0 Å². The Morgan fingerprint density at radius 3 is 1.81 bits per heavy atom. The van der Waals surface area contributed by atoms with Crippen LogP contribution in [0.4, 0.5) is 0 Å². The number of hydrogen-bond acceptors (Lipinski definition) is 2. The van der Waals surface area contributed by atoms with Gasteiger partial charge in [0.15, 0.2) is 0 Å². The van der Waals surface area contributed by atoms with Gasteiger partial charge in [-0.05, 0) is 0 Å². The van der Waals surface area contributed by atoms with Gasteiger partial charge in [-0.2, -0.15) is 0 Å². The van der Waals surface area contributed by atoms with E-state index >= 15 is 0 Å². The van der Waals surface area contributed by atoms with E-state index in [1.165, 1.54) is 30.6 Å². The monoisotopic (exact) mass is 593 g/mol. The molecular weight excluding hydrogens is 574 g/mol. The third-order valence-corrected chi connectivity index (χ3v) is 6.18. The van der Waals surface area contributed by atoms with Crippen LogP contribution in [0.15, 0.2) is 48.7 Å². The minimum atomic E-state index is -0.250. The Morgan fingerprint density at radius 1 is 0.968 bits per heavy atom. The van der Waals surface area contributed by atoms with Gasteiger partial charge in [0.1, 0.15) is 0 Å². The van der Waals surface area contributed by atoms with Crippen molar-refractivity contribution in [3.63, 3.8) is 0 Å². The summed E-state index contributed by atoms with van der Waals surface area (Å²) >= 11 is 1.34. The summed E-state index contributed by atoms with van der Waals surface area (Å²) in [6.45, 7) is 22.6. The number of ether oxygens (including phenoxy) is 1. The van der Waals surface area contributed by atoms with Gasteiger partial charge in [-0.1, -0.05) is 0 Å². The standard InChI is InChI=1S/C17H19NO2.5CO.W/c1-18-10-6-9-15(18)16-14(11-20-2)17(16,12-19)13-7-4-3-5-8-13;5*1-2;/h3-10,14,16,19H,12H2,1-2H3;;;;;;/t14-,16+,17-;;;;;;/m1....../s1. The molecule has 0 amide bonds. The van der Waals surface area contributed by atoms with E-state index in [0.717, 1.165) is 4.08 Å². The van der Waals surface area contributed by atoms with E-state index in [1.54, 1.807) is 7.11 Å². The molecule has 1 saturated carbocycles. The number of methoxy groups -OCH3 is 1. The normalized spacial score (nSPS) is 19.0. The first-order valence-electron chi connectivity index (χ1n) is 8.04. The fraction of sp³-hybridized carbons (Fsp3) is 0.273. The summed E-state index contributed by atoms with van der Waals surface area (Å²) in [7, 11) is 3.79. The zero-order chi connectivity index (χ0) is 25.0. The zero-order valence-electron chi connectivity index (χ0n) is 16.7. The van der Waals surface area contributed by atoms with Crippen molar-refractivity contribution in [2.45, 2.75) is 11.3 Å². The Hall–Kier alpha value is -2.32. The summed E-state index contributed by atoms with van der Waals surface area (Å²) in [6, 6.07) is 14.5. The molecule has 0 radical (unpaired) electrons. The van der Waals surface area contributed by atoms with E-state index in [4.69, 9.17) is 28.0 Å². The fourth-order valence-electron chi connectivity index (χ4n) is 3.54. The van der Waals surface area contributed by atoms with E-state index in [-0.39, 0.29) is 23.9 Å². The van der Waals surface area contributed by atoms with E-state index in [2.05, 4.69) is 75.3 Å². The van der Waals surface area contributed by atoms with Crippen molar-refractivity contribution in [3.05, 3.63) is 93.2 Å². The predicted octanol–water partition coefficient (Wildman–Crippen LogP) is 1.80. The van der Waals surface area contributed by atoms with Gasteiger partial charge in [0.05, 0.1) is 0 Å². The van der Waals surface area contributed by atoms with Crippen molar-refractivity contribution in [1.82, 2.24) is 4.57 Å². The van der Waals surface area contributed by atoms with E-state index in [9.17, 15) is 5.11 Å². The van der Waals surface area contributed by atoms with Crippen LogP contribution in [0, 0.1) is 39.2 Å². The molecule has 0 spiro atoms. The van der Waals surface area contributed by atoms with Crippen LogP contribution in [-0.2, 0) is 59.8 Å². The van der Waals surface area contributed by atoms with Gasteiger partial charge in [-0.25, -0.2) is 0 Å². The van der Waals surface area contributed by atoms with Crippen LogP contribution < -0.4 is 0 Å². The van der Waals surface area contributed by atoms with Gasteiger partial charge in [0, 0.05) is 0 Å². The molecule has 1 aliphatic carbocycles. The molecule has 1 N–H and O–H groups in total. The Morgan fingerprint density at radius 2 is 1.45 bits per heavy atom. The molecule has 0 aliphatic heterocycles. The second-order valence-electron chi connectivity index (χ2n) is 5.59. The number of aryl methyl sites for hydroxylation is 1. The van der Waals surface area contributed by atoms with Crippen LogP contribution in [0.5, 0.6) is 0 Å². The minimum absolute atomic E-state index is 0.137. The first-order chi connectivity index (χ1) is 15.2. The first kappa shape index (κ1) is 33.3. The maximum absolute atomic E-state index is 10.2. The predicted molar refractivity (Wildman–Crippen MR) is 98.5 cm³/mol. The number of benzene rings is 1. The topological polar surface area (TPSA) is 134 Å². The number of aromatic nitrogens is 1. The SMILES string of the molecule is CO[C](=[W])[C@@H]1[C@@H](c2cccn2C)[C@]1(CO)c1ccccc1.[C-]#[O+].[C-]#[O+].[C-]#[O+].[C-]#[O+].[C-]#[O+]. The molecule has 3 atom stereocenters.